The fourth-order valence-corrected chi connectivity index (χ4v) is 2.91. The van der Waals surface area contributed by atoms with Crippen LogP contribution in [0.3, 0.4) is 0 Å². The lowest BCUT2D eigenvalue weighted by molar-refractivity contribution is 1.31. The smallest absolute Gasteiger partial charge is 0.138 e. The molecule has 1 heterocycles. The Balaban J connectivity index is 2.26. The number of aromatic nitrogens is 2. The summed E-state index contributed by atoms with van der Waals surface area (Å²) in [5.41, 5.74) is 12.0. The predicted molar refractivity (Wildman–Crippen MR) is 83.1 cm³/mol. The van der Waals surface area contributed by atoms with Crippen LogP contribution in [0, 0.1) is 13.8 Å². The van der Waals surface area contributed by atoms with E-state index < -0.39 is 0 Å². The summed E-state index contributed by atoms with van der Waals surface area (Å²) in [4.78, 5) is 8.03. The molecule has 0 atom stereocenters. The van der Waals surface area contributed by atoms with Crippen LogP contribution < -0.4 is 5.73 Å². The first-order chi connectivity index (χ1) is 9.06. The number of aromatic amines is 1. The van der Waals surface area contributed by atoms with Crippen molar-refractivity contribution in [3.05, 3.63) is 45.9 Å². The number of nitrogens with zero attached hydrogens (tertiary/aromatic N) is 1. The molecule has 0 aliphatic carbocycles. The van der Waals surface area contributed by atoms with Crippen LogP contribution in [0.5, 0.6) is 0 Å². The van der Waals surface area contributed by atoms with Gasteiger partial charge in [-0.25, -0.2) is 4.98 Å². The average molecular weight is 316 g/mol. The topological polar surface area (TPSA) is 54.7 Å². The molecule has 0 unspecified atom stereocenters. The van der Waals surface area contributed by atoms with E-state index in [1.807, 2.05) is 25.1 Å². The van der Waals surface area contributed by atoms with Gasteiger partial charge < -0.3 is 10.7 Å². The second-order valence-corrected chi connectivity index (χ2v) is 5.60. The van der Waals surface area contributed by atoms with Crippen LogP contribution in [0.2, 0.25) is 0 Å². The zero-order valence-electron chi connectivity index (χ0n) is 10.8. The first kappa shape index (κ1) is 12.2. The highest BCUT2D eigenvalue weighted by atomic mass is 79.9. The molecule has 4 heteroatoms. The number of nitrogens with one attached hydrogen (secondary N) is 1. The maximum atomic E-state index is 5.96. The Kier molecular flexibility index (Phi) is 2.82. The van der Waals surface area contributed by atoms with Crippen molar-refractivity contribution in [2.24, 2.45) is 0 Å². The summed E-state index contributed by atoms with van der Waals surface area (Å²) in [6.07, 6.45) is 0. The Morgan fingerprint density at radius 1 is 1.21 bits per heavy atom. The Hall–Kier alpha value is -1.81. The number of hydrogen-bond acceptors (Lipinski definition) is 2. The zero-order chi connectivity index (χ0) is 13.6. The molecule has 0 bridgehead atoms. The number of benzene rings is 2. The normalized spacial score (nSPS) is 11.1. The molecule has 3 N–H and O–H groups in total. The number of nitrogens with two attached hydrogens (primary N) is 1. The average Bonchev–Trinajstić information content (AvgIpc) is 2.76. The van der Waals surface area contributed by atoms with Gasteiger partial charge in [-0.2, -0.15) is 0 Å². The molecule has 0 spiro atoms. The Morgan fingerprint density at radius 2 is 2.00 bits per heavy atom. The van der Waals surface area contributed by atoms with E-state index in [0.29, 0.717) is 0 Å². The molecule has 0 radical (unpaired) electrons. The molecular weight excluding hydrogens is 302 g/mol. The van der Waals surface area contributed by atoms with Gasteiger partial charge in [-0.3, -0.25) is 0 Å². The van der Waals surface area contributed by atoms with E-state index in [0.717, 1.165) is 38.1 Å². The lowest BCUT2D eigenvalue weighted by atomic mass is 10.1. The highest BCUT2D eigenvalue weighted by molar-refractivity contribution is 9.10. The fraction of sp³-hybridized carbons (Fsp3) is 0.133. The third-order valence-electron chi connectivity index (χ3n) is 3.32. The van der Waals surface area contributed by atoms with Crippen molar-refractivity contribution in [2.75, 3.05) is 5.73 Å². The third kappa shape index (κ3) is 2.02. The molecule has 1 aromatic heterocycles. The van der Waals surface area contributed by atoms with E-state index in [-0.39, 0.29) is 0 Å². The number of H-pyrrole nitrogens is 1. The maximum Gasteiger partial charge on any atom is 0.138 e. The van der Waals surface area contributed by atoms with Gasteiger partial charge in [-0.1, -0.05) is 12.1 Å². The number of rotatable bonds is 1. The highest BCUT2D eigenvalue weighted by Gasteiger charge is 2.11. The number of halogens is 1. The number of aryl methyl sites for hydroxylation is 1. The molecule has 2 aromatic carbocycles. The Bertz CT molecular complexity index is 774. The number of hydrogen-bond donors (Lipinski definition) is 2. The summed E-state index contributed by atoms with van der Waals surface area (Å²) in [6, 6.07) is 10.0. The molecule has 0 saturated heterocycles. The predicted octanol–water partition coefficient (Wildman–Crippen LogP) is 4.19. The largest absolute Gasteiger partial charge is 0.398 e. The third-order valence-corrected chi connectivity index (χ3v) is 3.92. The molecule has 96 valence electrons. The number of nitrogen functional groups attached to an aromatic ring is 1. The SMILES string of the molecule is Cc1cc(Br)c2nc(-c3cccc(N)c3C)[nH]c2c1. The van der Waals surface area contributed by atoms with Crippen molar-refractivity contribution in [1.82, 2.24) is 9.97 Å². The van der Waals surface area contributed by atoms with Gasteiger partial charge in [0, 0.05) is 15.7 Å². The second kappa shape index (κ2) is 4.38. The summed E-state index contributed by atoms with van der Waals surface area (Å²) in [7, 11) is 0. The lowest BCUT2D eigenvalue weighted by Gasteiger charge is -2.04. The quantitative estimate of drug-likeness (QED) is 0.661. The molecule has 0 aliphatic rings. The summed E-state index contributed by atoms with van der Waals surface area (Å²) in [5, 5.41) is 0. The maximum absolute atomic E-state index is 5.96. The van der Waals surface area contributed by atoms with Gasteiger partial charge in [0.1, 0.15) is 11.3 Å². The monoisotopic (exact) mass is 315 g/mol. The summed E-state index contributed by atoms with van der Waals surface area (Å²) >= 11 is 3.56. The number of imidazole rings is 1. The fourth-order valence-electron chi connectivity index (χ4n) is 2.25. The van der Waals surface area contributed by atoms with Crippen LogP contribution in [0.4, 0.5) is 5.69 Å². The molecule has 0 amide bonds. The second-order valence-electron chi connectivity index (χ2n) is 4.75. The summed E-state index contributed by atoms with van der Waals surface area (Å²) in [6.45, 7) is 4.08. The van der Waals surface area contributed by atoms with Crippen LogP contribution in [0.15, 0.2) is 34.8 Å². The van der Waals surface area contributed by atoms with E-state index in [1.165, 1.54) is 5.56 Å². The molecule has 0 aliphatic heterocycles. The van der Waals surface area contributed by atoms with Crippen molar-refractivity contribution in [1.29, 1.82) is 0 Å². The number of anilines is 1. The van der Waals surface area contributed by atoms with Crippen LogP contribution in [0.1, 0.15) is 11.1 Å². The van der Waals surface area contributed by atoms with Crippen molar-refractivity contribution in [3.8, 4) is 11.4 Å². The highest BCUT2D eigenvalue weighted by Crippen LogP contribution is 2.30. The minimum Gasteiger partial charge on any atom is -0.398 e. The van der Waals surface area contributed by atoms with Gasteiger partial charge >= 0.3 is 0 Å². The van der Waals surface area contributed by atoms with Gasteiger partial charge in [-0.15, -0.1) is 0 Å². The number of fused-ring (bicyclic) bond motifs is 1. The van der Waals surface area contributed by atoms with Crippen LogP contribution in [0.25, 0.3) is 22.4 Å². The van der Waals surface area contributed by atoms with Gasteiger partial charge in [0.2, 0.25) is 0 Å². The van der Waals surface area contributed by atoms with E-state index in [1.54, 1.807) is 0 Å². The van der Waals surface area contributed by atoms with Gasteiger partial charge in [0.05, 0.1) is 5.52 Å². The van der Waals surface area contributed by atoms with Crippen molar-refractivity contribution in [2.45, 2.75) is 13.8 Å². The minimum atomic E-state index is 0.785. The molecule has 3 aromatic rings. The van der Waals surface area contributed by atoms with E-state index in [2.05, 4.69) is 45.0 Å². The molecule has 0 saturated carbocycles. The van der Waals surface area contributed by atoms with E-state index >= 15 is 0 Å². The standard InChI is InChI=1S/C15H14BrN3/c1-8-6-11(16)14-13(7-8)18-15(19-14)10-4-3-5-12(17)9(10)2/h3-7H,17H2,1-2H3,(H,18,19). The molecule has 0 fully saturated rings. The van der Waals surface area contributed by atoms with Crippen LogP contribution in [-0.4, -0.2) is 9.97 Å². The van der Waals surface area contributed by atoms with Gasteiger partial charge in [0.25, 0.3) is 0 Å². The van der Waals surface area contributed by atoms with Crippen molar-refractivity contribution < 1.29 is 0 Å². The van der Waals surface area contributed by atoms with E-state index in [4.69, 9.17) is 5.73 Å². The molecule has 3 nitrogen and oxygen atoms in total. The minimum absolute atomic E-state index is 0.785. The van der Waals surface area contributed by atoms with Crippen LogP contribution >= 0.6 is 15.9 Å². The first-order valence-electron chi connectivity index (χ1n) is 6.07. The molecule has 3 rings (SSSR count). The van der Waals surface area contributed by atoms with Crippen molar-refractivity contribution >= 4 is 32.7 Å². The van der Waals surface area contributed by atoms with Crippen LogP contribution in [-0.2, 0) is 0 Å². The molecule has 19 heavy (non-hydrogen) atoms. The molecular formula is C15H14BrN3. The van der Waals surface area contributed by atoms with E-state index in [9.17, 15) is 0 Å². The lowest BCUT2D eigenvalue weighted by Crippen LogP contribution is -1.92. The zero-order valence-corrected chi connectivity index (χ0v) is 12.4. The summed E-state index contributed by atoms with van der Waals surface area (Å²) in [5.74, 6) is 0.853. The van der Waals surface area contributed by atoms with Gasteiger partial charge in [0.15, 0.2) is 0 Å². The summed E-state index contributed by atoms with van der Waals surface area (Å²) < 4.78 is 1.01. The Labute approximate surface area is 120 Å². The van der Waals surface area contributed by atoms with Crippen molar-refractivity contribution in [3.63, 3.8) is 0 Å². The van der Waals surface area contributed by atoms with Gasteiger partial charge in [-0.05, 0) is 59.1 Å². The first-order valence-corrected chi connectivity index (χ1v) is 6.87. The Morgan fingerprint density at radius 3 is 2.79 bits per heavy atom.